The first-order valence-electron chi connectivity index (χ1n) is 6.24. The summed E-state index contributed by atoms with van der Waals surface area (Å²) in [5, 5.41) is 0. The van der Waals surface area contributed by atoms with Crippen LogP contribution in [0.15, 0.2) is 22.7 Å². The topological polar surface area (TPSA) is 53.1 Å². The maximum Gasteiger partial charge on any atom is 0.132 e. The lowest BCUT2D eigenvalue weighted by Crippen LogP contribution is -2.05. The van der Waals surface area contributed by atoms with E-state index in [1.807, 2.05) is 29.7 Å². The Hall–Kier alpha value is -1.93. The minimum Gasteiger partial charge on any atom is -0.497 e. The molecule has 0 aliphatic heterocycles. The van der Waals surface area contributed by atoms with E-state index in [0.29, 0.717) is 12.4 Å². The molecule has 5 heteroatoms. The number of nitrogens with two attached hydrogens (primary N) is 1. The van der Waals surface area contributed by atoms with Crippen molar-refractivity contribution >= 4 is 21.7 Å². The quantitative estimate of drug-likeness (QED) is 0.874. The zero-order valence-corrected chi connectivity index (χ0v) is 13.1. The van der Waals surface area contributed by atoms with Crippen molar-refractivity contribution in [1.82, 2.24) is 9.55 Å². The van der Waals surface area contributed by atoms with Crippen molar-refractivity contribution in [3.05, 3.63) is 28.5 Å². The summed E-state index contributed by atoms with van der Waals surface area (Å²) in [5.41, 5.74) is 7.82. The second kappa shape index (κ2) is 6.02. The van der Waals surface area contributed by atoms with E-state index in [-0.39, 0.29) is 0 Å². The molecule has 20 heavy (non-hydrogen) atoms. The number of halogens is 1. The van der Waals surface area contributed by atoms with Gasteiger partial charge in [0.15, 0.2) is 0 Å². The van der Waals surface area contributed by atoms with Crippen LogP contribution in [0.4, 0.5) is 5.82 Å². The Bertz CT molecular complexity index is 670. The number of benzene rings is 1. The Balaban J connectivity index is 2.61. The first-order chi connectivity index (χ1) is 9.62. The average molecular weight is 334 g/mol. The number of aromatic nitrogens is 2. The fraction of sp³-hybridized carbons (Fsp3) is 0.267. The molecule has 1 heterocycles. The van der Waals surface area contributed by atoms with E-state index in [1.165, 1.54) is 0 Å². The van der Waals surface area contributed by atoms with Gasteiger partial charge in [0.25, 0.3) is 0 Å². The monoisotopic (exact) mass is 333 g/mol. The summed E-state index contributed by atoms with van der Waals surface area (Å²) in [7, 11) is 1.63. The van der Waals surface area contributed by atoms with Crippen LogP contribution in [0.2, 0.25) is 0 Å². The average Bonchev–Trinajstić information content (AvgIpc) is 2.77. The Labute approximate surface area is 127 Å². The Morgan fingerprint density at radius 3 is 2.85 bits per heavy atom. The molecule has 2 rings (SSSR count). The number of ether oxygens (including phenoxy) is 1. The van der Waals surface area contributed by atoms with Gasteiger partial charge in [-0.2, -0.15) is 0 Å². The van der Waals surface area contributed by atoms with Crippen LogP contribution < -0.4 is 10.5 Å². The molecule has 104 valence electrons. The molecule has 0 unspecified atom stereocenters. The lowest BCUT2D eigenvalue weighted by molar-refractivity contribution is 0.415. The summed E-state index contributed by atoms with van der Waals surface area (Å²) in [4.78, 5) is 4.61. The summed E-state index contributed by atoms with van der Waals surface area (Å²) in [5.74, 6) is 4.82. The number of imidazole rings is 1. The molecule has 4 nitrogen and oxygen atoms in total. The zero-order valence-electron chi connectivity index (χ0n) is 11.5. The number of terminal acetylenes is 1. The smallest absolute Gasteiger partial charge is 0.132 e. The maximum absolute atomic E-state index is 6.20. The molecule has 0 aliphatic carbocycles. The highest BCUT2D eigenvalue weighted by Crippen LogP contribution is 2.35. The van der Waals surface area contributed by atoms with E-state index < -0.39 is 0 Å². The number of aryl methyl sites for hydroxylation is 1. The van der Waals surface area contributed by atoms with Gasteiger partial charge in [0.2, 0.25) is 0 Å². The molecule has 1 aromatic heterocycles. The molecule has 1 aromatic carbocycles. The molecule has 0 saturated heterocycles. The summed E-state index contributed by atoms with van der Waals surface area (Å²) in [6.07, 6.45) is 6.16. The SMILES string of the molecule is C#CCn1c(CC)nc(-c2cc(OC)ccc2Br)c1N. The van der Waals surface area contributed by atoms with Crippen molar-refractivity contribution in [1.29, 1.82) is 0 Å². The van der Waals surface area contributed by atoms with Gasteiger partial charge in [0.05, 0.1) is 13.7 Å². The largest absolute Gasteiger partial charge is 0.497 e. The highest BCUT2D eigenvalue weighted by molar-refractivity contribution is 9.10. The van der Waals surface area contributed by atoms with Crippen molar-refractivity contribution in [2.24, 2.45) is 0 Å². The van der Waals surface area contributed by atoms with Crippen molar-refractivity contribution < 1.29 is 4.74 Å². The third-order valence-electron chi connectivity index (χ3n) is 3.08. The Morgan fingerprint density at radius 2 is 2.25 bits per heavy atom. The lowest BCUT2D eigenvalue weighted by atomic mass is 10.1. The van der Waals surface area contributed by atoms with Crippen molar-refractivity contribution in [3.63, 3.8) is 0 Å². The fourth-order valence-electron chi connectivity index (χ4n) is 2.06. The molecule has 0 atom stereocenters. The molecule has 0 spiro atoms. The molecule has 2 N–H and O–H groups in total. The van der Waals surface area contributed by atoms with Crippen LogP contribution in [0.1, 0.15) is 12.7 Å². The number of anilines is 1. The number of nitrogens with zero attached hydrogens (tertiary/aromatic N) is 2. The van der Waals surface area contributed by atoms with Gasteiger partial charge in [-0.15, -0.1) is 6.42 Å². The molecular formula is C15H16BrN3O. The lowest BCUT2D eigenvalue weighted by Gasteiger charge is -2.07. The third kappa shape index (κ3) is 2.52. The fourth-order valence-corrected chi connectivity index (χ4v) is 2.50. The minimum atomic E-state index is 0.420. The third-order valence-corrected chi connectivity index (χ3v) is 3.77. The second-order valence-corrected chi connectivity index (χ2v) is 5.11. The first-order valence-corrected chi connectivity index (χ1v) is 7.03. The van der Waals surface area contributed by atoms with Crippen LogP contribution in [0.3, 0.4) is 0 Å². The molecule has 0 aliphatic rings. The predicted octanol–water partition coefficient (Wildman–Crippen LogP) is 3.10. The first kappa shape index (κ1) is 14.5. The van der Waals surface area contributed by atoms with Crippen LogP contribution in [-0.4, -0.2) is 16.7 Å². The predicted molar refractivity (Wildman–Crippen MR) is 84.5 cm³/mol. The number of rotatable bonds is 4. The molecular weight excluding hydrogens is 318 g/mol. The van der Waals surface area contributed by atoms with Crippen LogP contribution in [-0.2, 0) is 13.0 Å². The molecule has 0 saturated carbocycles. The molecule has 2 aromatic rings. The van der Waals surface area contributed by atoms with E-state index in [1.54, 1.807) is 7.11 Å². The van der Waals surface area contributed by atoms with Gasteiger partial charge >= 0.3 is 0 Å². The second-order valence-electron chi connectivity index (χ2n) is 4.25. The number of hydrogen-bond acceptors (Lipinski definition) is 3. The van der Waals surface area contributed by atoms with Crippen molar-refractivity contribution in [2.45, 2.75) is 19.9 Å². The molecule has 0 amide bonds. The van der Waals surface area contributed by atoms with Gasteiger partial charge in [0, 0.05) is 16.5 Å². The van der Waals surface area contributed by atoms with E-state index in [9.17, 15) is 0 Å². The van der Waals surface area contributed by atoms with Gasteiger partial charge in [0.1, 0.15) is 23.1 Å². The number of methoxy groups -OCH3 is 1. The highest BCUT2D eigenvalue weighted by atomic mass is 79.9. The molecule has 0 fully saturated rings. The number of nitrogen functional groups attached to an aromatic ring is 1. The Kier molecular flexibility index (Phi) is 4.35. The summed E-state index contributed by atoms with van der Waals surface area (Å²) >= 11 is 3.52. The highest BCUT2D eigenvalue weighted by Gasteiger charge is 2.17. The van der Waals surface area contributed by atoms with Gasteiger partial charge < -0.3 is 15.0 Å². The normalized spacial score (nSPS) is 10.3. The zero-order chi connectivity index (χ0) is 14.7. The van der Waals surface area contributed by atoms with Crippen LogP contribution in [0, 0.1) is 12.3 Å². The summed E-state index contributed by atoms with van der Waals surface area (Å²) < 4.78 is 8.03. The van der Waals surface area contributed by atoms with Crippen LogP contribution in [0.25, 0.3) is 11.3 Å². The van der Waals surface area contributed by atoms with Crippen LogP contribution >= 0.6 is 15.9 Å². The van der Waals surface area contributed by atoms with Gasteiger partial charge in [-0.3, -0.25) is 0 Å². The van der Waals surface area contributed by atoms with E-state index in [4.69, 9.17) is 16.9 Å². The van der Waals surface area contributed by atoms with Crippen LogP contribution in [0.5, 0.6) is 5.75 Å². The number of hydrogen-bond donors (Lipinski definition) is 1. The summed E-state index contributed by atoms with van der Waals surface area (Å²) in [6, 6.07) is 5.70. The van der Waals surface area contributed by atoms with Gasteiger partial charge in [-0.1, -0.05) is 28.8 Å². The maximum atomic E-state index is 6.20. The van der Waals surface area contributed by atoms with Gasteiger partial charge in [-0.25, -0.2) is 4.98 Å². The van der Waals surface area contributed by atoms with Crippen molar-refractivity contribution in [2.75, 3.05) is 12.8 Å². The molecule has 0 bridgehead atoms. The van der Waals surface area contributed by atoms with Crippen molar-refractivity contribution in [3.8, 4) is 29.4 Å². The van der Waals surface area contributed by atoms with E-state index in [2.05, 4.69) is 26.8 Å². The molecule has 0 radical (unpaired) electrons. The van der Waals surface area contributed by atoms with E-state index in [0.717, 1.165) is 33.7 Å². The minimum absolute atomic E-state index is 0.420. The summed E-state index contributed by atoms with van der Waals surface area (Å²) in [6.45, 7) is 2.45. The standard InChI is InChI=1S/C15H16BrN3O/c1-4-8-19-13(5-2)18-14(15(19)17)11-9-10(20-3)6-7-12(11)16/h1,6-7,9H,5,8,17H2,2-3H3. The van der Waals surface area contributed by atoms with E-state index >= 15 is 0 Å². The Morgan fingerprint density at radius 1 is 1.50 bits per heavy atom. The van der Waals surface area contributed by atoms with Gasteiger partial charge in [-0.05, 0) is 18.2 Å².